The SMILES string of the molecule is CCOC(=O)C=Cc1ncc(C(=O)OC)cc1N. The average Bonchev–Trinajstić information content (AvgIpc) is 2.36. The third kappa shape index (κ3) is 3.58. The fourth-order valence-corrected chi connectivity index (χ4v) is 1.20. The molecule has 0 atom stereocenters. The second-order valence-corrected chi connectivity index (χ2v) is 3.28. The molecule has 0 aliphatic rings. The molecule has 0 bridgehead atoms. The number of methoxy groups -OCH3 is 1. The number of nitrogens with two attached hydrogens (primary N) is 1. The second-order valence-electron chi connectivity index (χ2n) is 3.28. The molecule has 1 aromatic rings. The van der Waals surface area contributed by atoms with Gasteiger partial charge in [-0.25, -0.2) is 9.59 Å². The van der Waals surface area contributed by atoms with Gasteiger partial charge in [0.2, 0.25) is 0 Å². The van der Waals surface area contributed by atoms with Crippen LogP contribution in [0.4, 0.5) is 5.69 Å². The van der Waals surface area contributed by atoms with E-state index in [4.69, 9.17) is 10.5 Å². The first-order valence-electron chi connectivity index (χ1n) is 5.27. The highest BCUT2D eigenvalue weighted by Crippen LogP contribution is 2.13. The number of carbonyl (C=O) groups is 2. The Morgan fingerprint density at radius 3 is 2.78 bits per heavy atom. The largest absolute Gasteiger partial charge is 0.465 e. The van der Waals surface area contributed by atoms with E-state index in [1.165, 1.54) is 31.5 Å². The van der Waals surface area contributed by atoms with Crippen molar-refractivity contribution in [3.05, 3.63) is 29.6 Å². The van der Waals surface area contributed by atoms with Gasteiger partial charge in [0.25, 0.3) is 0 Å². The number of hydrogen-bond acceptors (Lipinski definition) is 6. The summed E-state index contributed by atoms with van der Waals surface area (Å²) < 4.78 is 9.25. The lowest BCUT2D eigenvalue weighted by Crippen LogP contribution is -2.04. The van der Waals surface area contributed by atoms with E-state index in [-0.39, 0.29) is 11.3 Å². The Kier molecular flexibility index (Phi) is 4.86. The summed E-state index contributed by atoms with van der Waals surface area (Å²) in [7, 11) is 1.27. The number of pyridine rings is 1. The summed E-state index contributed by atoms with van der Waals surface area (Å²) in [6, 6.07) is 1.43. The maximum absolute atomic E-state index is 11.2. The molecule has 18 heavy (non-hydrogen) atoms. The van der Waals surface area contributed by atoms with Crippen molar-refractivity contribution in [2.75, 3.05) is 19.5 Å². The third-order valence-corrected chi connectivity index (χ3v) is 2.03. The van der Waals surface area contributed by atoms with Crippen molar-refractivity contribution in [1.82, 2.24) is 4.98 Å². The monoisotopic (exact) mass is 250 g/mol. The number of nitrogen functional groups attached to an aromatic ring is 1. The summed E-state index contributed by atoms with van der Waals surface area (Å²) in [5.74, 6) is -0.995. The highest BCUT2D eigenvalue weighted by molar-refractivity contribution is 5.91. The van der Waals surface area contributed by atoms with Crippen LogP contribution in [-0.4, -0.2) is 30.6 Å². The van der Waals surface area contributed by atoms with Crippen LogP contribution in [-0.2, 0) is 14.3 Å². The number of anilines is 1. The van der Waals surface area contributed by atoms with Gasteiger partial charge in [-0.3, -0.25) is 4.98 Å². The van der Waals surface area contributed by atoms with Crippen molar-refractivity contribution in [2.24, 2.45) is 0 Å². The molecule has 0 saturated carbocycles. The molecule has 1 aromatic heterocycles. The molecule has 0 fully saturated rings. The predicted molar refractivity (Wildman–Crippen MR) is 65.7 cm³/mol. The summed E-state index contributed by atoms with van der Waals surface area (Å²) in [5, 5.41) is 0. The molecule has 0 amide bonds. The highest BCUT2D eigenvalue weighted by Gasteiger charge is 2.08. The molecule has 0 radical (unpaired) electrons. The maximum atomic E-state index is 11.2. The minimum absolute atomic E-state index is 0.253. The van der Waals surface area contributed by atoms with Gasteiger partial charge in [0.15, 0.2) is 0 Å². The standard InChI is InChI=1S/C12H14N2O4/c1-3-18-11(15)5-4-10-9(13)6-8(7-14-10)12(16)17-2/h4-7H,3,13H2,1-2H3. The van der Waals surface area contributed by atoms with Crippen molar-refractivity contribution in [3.63, 3.8) is 0 Å². The topological polar surface area (TPSA) is 91.5 Å². The fourth-order valence-electron chi connectivity index (χ4n) is 1.20. The molecule has 1 rings (SSSR count). The van der Waals surface area contributed by atoms with Gasteiger partial charge in [-0.15, -0.1) is 0 Å². The van der Waals surface area contributed by atoms with Crippen molar-refractivity contribution in [2.45, 2.75) is 6.92 Å². The van der Waals surface area contributed by atoms with Crippen molar-refractivity contribution in [1.29, 1.82) is 0 Å². The minimum Gasteiger partial charge on any atom is -0.465 e. The molecule has 6 heteroatoms. The van der Waals surface area contributed by atoms with E-state index in [1.54, 1.807) is 6.92 Å². The Hall–Kier alpha value is -2.37. The molecule has 0 saturated heterocycles. The highest BCUT2D eigenvalue weighted by atomic mass is 16.5. The molecular formula is C12H14N2O4. The van der Waals surface area contributed by atoms with Gasteiger partial charge in [0.05, 0.1) is 30.7 Å². The Morgan fingerprint density at radius 2 is 2.22 bits per heavy atom. The first-order valence-corrected chi connectivity index (χ1v) is 5.27. The first-order chi connectivity index (χ1) is 8.58. The lowest BCUT2D eigenvalue weighted by atomic mass is 10.2. The summed E-state index contributed by atoms with van der Waals surface area (Å²) in [6.07, 6.45) is 3.97. The van der Waals surface area contributed by atoms with E-state index < -0.39 is 11.9 Å². The number of esters is 2. The smallest absolute Gasteiger partial charge is 0.339 e. The second kappa shape index (κ2) is 6.39. The normalized spacial score (nSPS) is 10.3. The number of carbonyl (C=O) groups excluding carboxylic acids is 2. The number of rotatable bonds is 4. The summed E-state index contributed by atoms with van der Waals surface area (Å²) in [5.41, 5.74) is 6.61. The maximum Gasteiger partial charge on any atom is 0.339 e. The van der Waals surface area contributed by atoms with Gasteiger partial charge < -0.3 is 15.2 Å². The summed E-state index contributed by atoms with van der Waals surface area (Å²) in [4.78, 5) is 26.3. The van der Waals surface area contributed by atoms with E-state index in [9.17, 15) is 9.59 Å². The molecular weight excluding hydrogens is 236 g/mol. The Labute approximate surface area is 104 Å². The lowest BCUT2D eigenvalue weighted by molar-refractivity contribution is -0.137. The molecule has 0 aliphatic heterocycles. The zero-order valence-electron chi connectivity index (χ0n) is 10.2. The molecule has 0 aliphatic carbocycles. The number of nitrogens with zero attached hydrogens (tertiary/aromatic N) is 1. The van der Waals surface area contributed by atoms with E-state index >= 15 is 0 Å². The quantitative estimate of drug-likeness (QED) is 0.633. The summed E-state index contributed by atoms with van der Waals surface area (Å²) in [6.45, 7) is 2.01. The average molecular weight is 250 g/mol. The van der Waals surface area contributed by atoms with Crippen LogP contribution in [0.1, 0.15) is 23.0 Å². The van der Waals surface area contributed by atoms with Crippen LogP contribution in [0.15, 0.2) is 18.3 Å². The van der Waals surface area contributed by atoms with Crippen LogP contribution in [0.5, 0.6) is 0 Å². The van der Waals surface area contributed by atoms with Gasteiger partial charge in [-0.1, -0.05) is 0 Å². The molecule has 0 spiro atoms. The van der Waals surface area contributed by atoms with Gasteiger partial charge in [-0.05, 0) is 19.1 Å². The number of aromatic nitrogens is 1. The zero-order chi connectivity index (χ0) is 13.5. The molecule has 1 heterocycles. The number of ether oxygens (including phenoxy) is 2. The van der Waals surface area contributed by atoms with Crippen LogP contribution < -0.4 is 5.73 Å². The van der Waals surface area contributed by atoms with E-state index in [0.717, 1.165) is 0 Å². The minimum atomic E-state index is -0.518. The van der Waals surface area contributed by atoms with Crippen LogP contribution in [0.3, 0.4) is 0 Å². The predicted octanol–water partition coefficient (Wildman–Crippen LogP) is 1.03. The molecule has 0 unspecified atom stereocenters. The Balaban J connectivity index is 2.86. The third-order valence-electron chi connectivity index (χ3n) is 2.03. The molecule has 2 N–H and O–H groups in total. The van der Waals surface area contributed by atoms with E-state index in [0.29, 0.717) is 12.3 Å². The van der Waals surface area contributed by atoms with Crippen LogP contribution in [0, 0.1) is 0 Å². The van der Waals surface area contributed by atoms with Gasteiger partial charge in [0.1, 0.15) is 0 Å². The van der Waals surface area contributed by atoms with Crippen molar-refractivity contribution < 1.29 is 19.1 Å². The van der Waals surface area contributed by atoms with Gasteiger partial charge >= 0.3 is 11.9 Å². The molecule has 0 aromatic carbocycles. The Bertz CT molecular complexity index is 483. The zero-order valence-corrected chi connectivity index (χ0v) is 10.2. The van der Waals surface area contributed by atoms with Gasteiger partial charge in [-0.2, -0.15) is 0 Å². The Morgan fingerprint density at radius 1 is 1.50 bits per heavy atom. The van der Waals surface area contributed by atoms with Gasteiger partial charge in [0, 0.05) is 12.3 Å². The van der Waals surface area contributed by atoms with E-state index in [1.807, 2.05) is 0 Å². The van der Waals surface area contributed by atoms with Crippen molar-refractivity contribution >= 4 is 23.7 Å². The molecule has 6 nitrogen and oxygen atoms in total. The van der Waals surface area contributed by atoms with Crippen molar-refractivity contribution in [3.8, 4) is 0 Å². The molecule has 96 valence electrons. The van der Waals surface area contributed by atoms with E-state index in [2.05, 4.69) is 9.72 Å². The van der Waals surface area contributed by atoms with Crippen LogP contribution >= 0.6 is 0 Å². The number of hydrogen-bond donors (Lipinski definition) is 1. The van der Waals surface area contributed by atoms with Crippen LogP contribution in [0.2, 0.25) is 0 Å². The fraction of sp³-hybridized carbons (Fsp3) is 0.250. The summed E-state index contributed by atoms with van der Waals surface area (Å²) >= 11 is 0. The van der Waals surface area contributed by atoms with Crippen LogP contribution in [0.25, 0.3) is 6.08 Å². The lowest BCUT2D eigenvalue weighted by Gasteiger charge is -2.03. The first kappa shape index (κ1) is 13.7.